The zero-order valence-electron chi connectivity index (χ0n) is 10.8. The van der Waals surface area contributed by atoms with Crippen molar-refractivity contribution in [2.75, 3.05) is 13.6 Å². The molecule has 0 bridgehead atoms. The maximum Gasteiger partial charge on any atom is 0.224 e. The van der Waals surface area contributed by atoms with Crippen molar-refractivity contribution in [1.82, 2.24) is 10.6 Å². The Morgan fingerprint density at radius 2 is 2.22 bits per heavy atom. The highest BCUT2D eigenvalue weighted by atomic mass is 16.3. The van der Waals surface area contributed by atoms with E-state index in [1.807, 2.05) is 38.2 Å². The summed E-state index contributed by atoms with van der Waals surface area (Å²) < 4.78 is 0. The van der Waals surface area contributed by atoms with Crippen LogP contribution in [0.15, 0.2) is 24.3 Å². The third kappa shape index (κ3) is 2.54. The third-order valence-corrected chi connectivity index (χ3v) is 3.46. The van der Waals surface area contributed by atoms with E-state index < -0.39 is 6.10 Å². The van der Waals surface area contributed by atoms with Gasteiger partial charge in [0.1, 0.15) is 0 Å². The van der Waals surface area contributed by atoms with Crippen LogP contribution >= 0.6 is 0 Å². The Kier molecular flexibility index (Phi) is 3.99. The summed E-state index contributed by atoms with van der Waals surface area (Å²) in [4.78, 5) is 12.0. The van der Waals surface area contributed by atoms with Crippen molar-refractivity contribution in [3.8, 4) is 0 Å². The van der Waals surface area contributed by atoms with Gasteiger partial charge >= 0.3 is 0 Å². The van der Waals surface area contributed by atoms with Gasteiger partial charge in [-0.05, 0) is 18.2 Å². The molecular formula is C14H20N2O2. The van der Waals surface area contributed by atoms with Crippen LogP contribution in [0.1, 0.15) is 24.1 Å². The molecule has 0 radical (unpaired) electrons. The van der Waals surface area contributed by atoms with Gasteiger partial charge in [-0.1, -0.05) is 31.2 Å². The van der Waals surface area contributed by atoms with Crippen LogP contribution in [-0.4, -0.2) is 30.7 Å². The smallest absolute Gasteiger partial charge is 0.224 e. The molecule has 1 aliphatic rings. The fraction of sp³-hybridized carbons (Fsp3) is 0.500. The van der Waals surface area contributed by atoms with Gasteiger partial charge in [-0.3, -0.25) is 4.79 Å². The Labute approximate surface area is 107 Å². The standard InChI is InChI=1S/C14H20N2O2/c1-9(8-15-2)14(18)16-13-11-6-4-3-5-10(11)7-12(13)17/h3-6,9,12-13,15,17H,7-8H2,1-2H3,(H,16,18)/t9?,12-,13+/m0/s1. The highest BCUT2D eigenvalue weighted by molar-refractivity contribution is 5.79. The number of aliphatic hydroxyl groups excluding tert-OH is 1. The fourth-order valence-corrected chi connectivity index (χ4v) is 2.44. The Balaban J connectivity index is 2.08. The molecule has 0 saturated carbocycles. The summed E-state index contributed by atoms with van der Waals surface area (Å²) >= 11 is 0. The van der Waals surface area contributed by atoms with E-state index in [-0.39, 0.29) is 17.9 Å². The van der Waals surface area contributed by atoms with E-state index in [4.69, 9.17) is 0 Å². The van der Waals surface area contributed by atoms with Gasteiger partial charge < -0.3 is 15.7 Å². The van der Waals surface area contributed by atoms with Crippen molar-refractivity contribution in [3.63, 3.8) is 0 Å². The van der Waals surface area contributed by atoms with E-state index in [1.54, 1.807) is 0 Å². The fourth-order valence-electron chi connectivity index (χ4n) is 2.44. The monoisotopic (exact) mass is 248 g/mol. The minimum absolute atomic E-state index is 0.0231. The summed E-state index contributed by atoms with van der Waals surface area (Å²) in [7, 11) is 1.82. The van der Waals surface area contributed by atoms with Crippen LogP contribution in [0.5, 0.6) is 0 Å². The van der Waals surface area contributed by atoms with Crippen molar-refractivity contribution < 1.29 is 9.90 Å². The molecule has 3 atom stereocenters. The first-order valence-corrected chi connectivity index (χ1v) is 6.34. The van der Waals surface area contributed by atoms with Gasteiger partial charge in [0.25, 0.3) is 0 Å². The lowest BCUT2D eigenvalue weighted by molar-refractivity contribution is -0.125. The molecular weight excluding hydrogens is 228 g/mol. The molecule has 1 aromatic carbocycles. The molecule has 4 nitrogen and oxygen atoms in total. The number of hydrogen-bond acceptors (Lipinski definition) is 3. The van der Waals surface area contributed by atoms with Gasteiger partial charge in [-0.2, -0.15) is 0 Å². The molecule has 18 heavy (non-hydrogen) atoms. The molecule has 0 fully saturated rings. The van der Waals surface area contributed by atoms with Crippen LogP contribution in [0.3, 0.4) is 0 Å². The van der Waals surface area contributed by atoms with Crippen LogP contribution in [-0.2, 0) is 11.2 Å². The summed E-state index contributed by atoms with van der Waals surface area (Å²) in [6.45, 7) is 2.51. The third-order valence-electron chi connectivity index (χ3n) is 3.46. The second kappa shape index (κ2) is 5.50. The minimum Gasteiger partial charge on any atom is -0.390 e. The molecule has 1 amide bonds. The van der Waals surface area contributed by atoms with Crippen LogP contribution < -0.4 is 10.6 Å². The zero-order valence-corrected chi connectivity index (χ0v) is 10.8. The lowest BCUT2D eigenvalue weighted by Crippen LogP contribution is -2.39. The number of amides is 1. The average Bonchev–Trinajstić information content (AvgIpc) is 2.66. The van der Waals surface area contributed by atoms with Crippen molar-refractivity contribution in [2.24, 2.45) is 5.92 Å². The van der Waals surface area contributed by atoms with E-state index in [2.05, 4.69) is 10.6 Å². The first-order valence-electron chi connectivity index (χ1n) is 6.34. The molecule has 0 aromatic heterocycles. The summed E-state index contributed by atoms with van der Waals surface area (Å²) in [6, 6.07) is 7.60. The van der Waals surface area contributed by atoms with Crippen LogP contribution in [0, 0.1) is 5.92 Å². The number of aliphatic hydroxyl groups is 1. The molecule has 1 aromatic rings. The van der Waals surface area contributed by atoms with Gasteiger partial charge in [-0.15, -0.1) is 0 Å². The van der Waals surface area contributed by atoms with E-state index >= 15 is 0 Å². The highest BCUT2D eigenvalue weighted by Gasteiger charge is 2.32. The summed E-state index contributed by atoms with van der Waals surface area (Å²) in [5, 5.41) is 16.0. The number of carbonyl (C=O) groups is 1. The van der Waals surface area contributed by atoms with Gasteiger partial charge in [0.15, 0.2) is 0 Å². The van der Waals surface area contributed by atoms with Gasteiger partial charge in [-0.25, -0.2) is 0 Å². The van der Waals surface area contributed by atoms with E-state index in [9.17, 15) is 9.90 Å². The van der Waals surface area contributed by atoms with Gasteiger partial charge in [0.05, 0.1) is 12.1 Å². The van der Waals surface area contributed by atoms with Crippen LogP contribution in [0.2, 0.25) is 0 Å². The Morgan fingerprint density at radius 1 is 1.50 bits per heavy atom. The predicted octanol–water partition coefficient (Wildman–Crippen LogP) is 0.616. The lowest BCUT2D eigenvalue weighted by Gasteiger charge is -2.20. The molecule has 1 aliphatic carbocycles. The molecule has 0 aliphatic heterocycles. The maximum absolute atomic E-state index is 12.0. The first-order chi connectivity index (χ1) is 8.63. The number of carbonyl (C=O) groups excluding carboxylic acids is 1. The Morgan fingerprint density at radius 3 is 2.94 bits per heavy atom. The second-order valence-electron chi connectivity index (χ2n) is 4.92. The Hall–Kier alpha value is -1.39. The van der Waals surface area contributed by atoms with Gasteiger partial charge in [0.2, 0.25) is 5.91 Å². The number of nitrogens with one attached hydrogen (secondary N) is 2. The molecule has 0 spiro atoms. The zero-order chi connectivity index (χ0) is 13.1. The average molecular weight is 248 g/mol. The van der Waals surface area contributed by atoms with E-state index in [0.29, 0.717) is 13.0 Å². The minimum atomic E-state index is -0.520. The van der Waals surface area contributed by atoms with Crippen molar-refractivity contribution in [2.45, 2.75) is 25.5 Å². The highest BCUT2D eigenvalue weighted by Crippen LogP contribution is 2.31. The van der Waals surface area contributed by atoms with Crippen molar-refractivity contribution in [3.05, 3.63) is 35.4 Å². The molecule has 0 heterocycles. The molecule has 98 valence electrons. The quantitative estimate of drug-likeness (QED) is 0.732. The summed E-state index contributed by atoms with van der Waals surface area (Å²) in [5.74, 6) is -0.125. The summed E-state index contributed by atoms with van der Waals surface area (Å²) in [5.41, 5.74) is 2.16. The largest absolute Gasteiger partial charge is 0.390 e. The number of benzene rings is 1. The maximum atomic E-state index is 12.0. The lowest BCUT2D eigenvalue weighted by atomic mass is 10.1. The molecule has 4 heteroatoms. The molecule has 1 unspecified atom stereocenters. The van der Waals surface area contributed by atoms with Gasteiger partial charge in [0, 0.05) is 18.9 Å². The van der Waals surface area contributed by atoms with Crippen LogP contribution in [0.25, 0.3) is 0 Å². The van der Waals surface area contributed by atoms with Crippen molar-refractivity contribution >= 4 is 5.91 Å². The Bertz CT molecular complexity index is 434. The van der Waals surface area contributed by atoms with Crippen LogP contribution in [0.4, 0.5) is 0 Å². The normalized spacial score (nSPS) is 23.5. The van der Waals surface area contributed by atoms with Crippen molar-refractivity contribution in [1.29, 1.82) is 0 Å². The molecule has 0 saturated heterocycles. The molecule has 3 N–H and O–H groups in total. The predicted molar refractivity (Wildman–Crippen MR) is 70.1 cm³/mol. The topological polar surface area (TPSA) is 61.4 Å². The first kappa shape index (κ1) is 13.1. The second-order valence-corrected chi connectivity index (χ2v) is 4.92. The van der Waals surface area contributed by atoms with E-state index in [0.717, 1.165) is 11.1 Å². The number of fused-ring (bicyclic) bond motifs is 1. The number of rotatable bonds is 4. The SMILES string of the molecule is CNCC(C)C(=O)N[C@@H]1c2ccccc2C[C@@H]1O. The van der Waals surface area contributed by atoms with E-state index in [1.165, 1.54) is 0 Å². The molecule has 2 rings (SSSR count). The summed E-state index contributed by atoms with van der Waals surface area (Å²) in [6.07, 6.45) is 0.0924. The number of hydrogen-bond donors (Lipinski definition) is 3.